The number of rotatable bonds is 5. The second-order valence-corrected chi connectivity index (χ2v) is 6.11. The van der Waals surface area contributed by atoms with Crippen molar-refractivity contribution in [3.63, 3.8) is 0 Å². The van der Waals surface area contributed by atoms with Crippen LogP contribution in [0.5, 0.6) is 0 Å². The Morgan fingerprint density at radius 1 is 1.29 bits per heavy atom. The van der Waals surface area contributed by atoms with Crippen LogP contribution in [-0.4, -0.2) is 43.0 Å². The van der Waals surface area contributed by atoms with E-state index in [9.17, 15) is 18.4 Å². The Morgan fingerprint density at radius 2 is 2.08 bits per heavy atom. The topological polar surface area (TPSA) is 61.4 Å². The number of carbonyl (C=O) groups is 2. The Morgan fingerprint density at radius 3 is 2.83 bits per heavy atom. The van der Waals surface area contributed by atoms with E-state index >= 15 is 0 Å². The lowest BCUT2D eigenvalue weighted by Gasteiger charge is -2.32. The van der Waals surface area contributed by atoms with Crippen LogP contribution in [0, 0.1) is 17.6 Å². The third kappa shape index (κ3) is 5.47. The van der Waals surface area contributed by atoms with Crippen molar-refractivity contribution in [3.8, 4) is 0 Å². The molecule has 2 rings (SSSR count). The van der Waals surface area contributed by atoms with Gasteiger partial charge in [0, 0.05) is 33.1 Å². The molecule has 3 amide bonds. The van der Waals surface area contributed by atoms with Crippen molar-refractivity contribution in [2.45, 2.75) is 26.2 Å². The van der Waals surface area contributed by atoms with Crippen molar-refractivity contribution >= 4 is 11.9 Å². The Hall–Kier alpha value is -2.18. The van der Waals surface area contributed by atoms with Gasteiger partial charge in [0.2, 0.25) is 5.91 Å². The van der Waals surface area contributed by atoms with E-state index in [1.165, 1.54) is 6.92 Å². The summed E-state index contributed by atoms with van der Waals surface area (Å²) in [7, 11) is 0. The van der Waals surface area contributed by atoms with E-state index in [4.69, 9.17) is 0 Å². The summed E-state index contributed by atoms with van der Waals surface area (Å²) in [5.74, 6) is -0.795. The lowest BCUT2D eigenvalue weighted by Crippen LogP contribution is -2.48. The quantitative estimate of drug-likeness (QED) is 0.863. The highest BCUT2D eigenvalue weighted by molar-refractivity contribution is 5.74. The molecule has 132 valence electrons. The summed E-state index contributed by atoms with van der Waals surface area (Å²) < 4.78 is 26.6. The monoisotopic (exact) mass is 339 g/mol. The van der Waals surface area contributed by atoms with Gasteiger partial charge in [0.15, 0.2) is 0 Å². The van der Waals surface area contributed by atoms with Crippen LogP contribution < -0.4 is 10.6 Å². The number of hydrogen-bond donors (Lipinski definition) is 2. The Kier molecular flexibility index (Phi) is 6.52. The molecule has 7 heteroatoms. The number of urea groups is 1. The maximum absolute atomic E-state index is 13.5. The van der Waals surface area contributed by atoms with Gasteiger partial charge in [-0.1, -0.05) is 0 Å². The summed E-state index contributed by atoms with van der Waals surface area (Å²) in [5.41, 5.74) is 0.248. The number of amides is 3. The Labute approximate surface area is 140 Å². The van der Waals surface area contributed by atoms with Crippen molar-refractivity contribution < 1.29 is 18.4 Å². The molecule has 1 aromatic carbocycles. The van der Waals surface area contributed by atoms with Crippen molar-refractivity contribution in [1.82, 2.24) is 15.5 Å². The Balaban J connectivity index is 1.77. The molecule has 1 fully saturated rings. The number of benzene rings is 1. The molecule has 24 heavy (non-hydrogen) atoms. The molecule has 0 saturated carbocycles. The summed E-state index contributed by atoms with van der Waals surface area (Å²) in [6.07, 6.45) is 2.09. The van der Waals surface area contributed by atoms with Gasteiger partial charge in [-0.15, -0.1) is 0 Å². The first kappa shape index (κ1) is 18.2. The van der Waals surface area contributed by atoms with Crippen molar-refractivity contribution in [3.05, 3.63) is 35.4 Å². The minimum Gasteiger partial charge on any atom is -0.356 e. The van der Waals surface area contributed by atoms with E-state index in [1.807, 2.05) is 0 Å². The van der Waals surface area contributed by atoms with Crippen LogP contribution in [0.25, 0.3) is 0 Å². The van der Waals surface area contributed by atoms with Crippen LogP contribution in [0.3, 0.4) is 0 Å². The number of piperidine rings is 1. The van der Waals surface area contributed by atoms with Crippen LogP contribution in [-0.2, 0) is 11.2 Å². The number of nitrogens with one attached hydrogen (secondary N) is 2. The van der Waals surface area contributed by atoms with Gasteiger partial charge in [0.25, 0.3) is 0 Å². The molecule has 1 saturated heterocycles. The molecule has 1 aliphatic heterocycles. The van der Waals surface area contributed by atoms with Gasteiger partial charge < -0.3 is 15.5 Å². The fourth-order valence-corrected chi connectivity index (χ4v) is 2.86. The molecule has 2 N–H and O–H groups in total. The van der Waals surface area contributed by atoms with E-state index in [2.05, 4.69) is 10.6 Å². The zero-order valence-corrected chi connectivity index (χ0v) is 13.8. The maximum atomic E-state index is 13.5. The van der Waals surface area contributed by atoms with E-state index < -0.39 is 11.6 Å². The SMILES string of the molecule is CC(=O)NCC1CCCN(C(=O)NCCc2cc(F)ccc2F)C1. The van der Waals surface area contributed by atoms with Crippen LogP contribution in [0.4, 0.5) is 13.6 Å². The number of likely N-dealkylation sites (tertiary alicyclic amines) is 1. The molecular weight excluding hydrogens is 316 g/mol. The summed E-state index contributed by atoms with van der Waals surface area (Å²) in [6.45, 7) is 3.52. The second kappa shape index (κ2) is 8.61. The predicted molar refractivity (Wildman–Crippen MR) is 86.4 cm³/mol. The number of carbonyl (C=O) groups excluding carboxylic acids is 2. The third-order valence-corrected chi connectivity index (χ3v) is 4.12. The van der Waals surface area contributed by atoms with Gasteiger partial charge in [0.05, 0.1) is 0 Å². The predicted octanol–water partition coefficient (Wildman–Crippen LogP) is 2.06. The lowest BCUT2D eigenvalue weighted by molar-refractivity contribution is -0.119. The van der Waals surface area contributed by atoms with E-state index in [0.717, 1.165) is 31.0 Å². The molecule has 1 aliphatic rings. The summed E-state index contributed by atoms with van der Waals surface area (Å²) >= 11 is 0. The molecule has 0 spiro atoms. The van der Waals surface area contributed by atoms with E-state index in [-0.39, 0.29) is 36.4 Å². The van der Waals surface area contributed by atoms with Crippen molar-refractivity contribution in [2.75, 3.05) is 26.2 Å². The molecule has 5 nitrogen and oxygen atoms in total. The maximum Gasteiger partial charge on any atom is 0.317 e. The highest BCUT2D eigenvalue weighted by atomic mass is 19.1. The second-order valence-electron chi connectivity index (χ2n) is 6.11. The third-order valence-electron chi connectivity index (χ3n) is 4.12. The van der Waals surface area contributed by atoms with E-state index in [0.29, 0.717) is 19.6 Å². The molecule has 0 bridgehead atoms. The first-order valence-corrected chi connectivity index (χ1v) is 8.17. The number of halogens is 2. The zero-order chi connectivity index (χ0) is 17.5. The molecule has 1 unspecified atom stereocenters. The molecule has 1 atom stereocenters. The minimum atomic E-state index is -0.491. The van der Waals surface area contributed by atoms with Crippen LogP contribution in [0.2, 0.25) is 0 Å². The van der Waals surface area contributed by atoms with Crippen molar-refractivity contribution in [1.29, 1.82) is 0 Å². The van der Waals surface area contributed by atoms with Crippen LogP contribution in [0.15, 0.2) is 18.2 Å². The smallest absolute Gasteiger partial charge is 0.317 e. The summed E-state index contributed by atoms with van der Waals surface area (Å²) in [5, 5.41) is 5.52. The average molecular weight is 339 g/mol. The molecule has 1 aromatic rings. The average Bonchev–Trinajstić information content (AvgIpc) is 2.56. The van der Waals surface area contributed by atoms with Gasteiger partial charge in [-0.25, -0.2) is 13.6 Å². The first-order valence-electron chi connectivity index (χ1n) is 8.17. The largest absolute Gasteiger partial charge is 0.356 e. The van der Waals surface area contributed by atoms with Crippen molar-refractivity contribution in [2.24, 2.45) is 5.92 Å². The summed E-state index contributed by atoms with van der Waals surface area (Å²) in [4.78, 5) is 24.9. The normalized spacial score (nSPS) is 17.5. The standard InChI is InChI=1S/C17H23F2N3O2/c1-12(23)21-10-13-3-2-8-22(11-13)17(24)20-7-6-14-9-15(18)4-5-16(14)19/h4-5,9,13H,2-3,6-8,10-11H2,1H3,(H,20,24)(H,21,23). The van der Waals surface area contributed by atoms with Gasteiger partial charge in [-0.2, -0.15) is 0 Å². The van der Waals surface area contributed by atoms with Gasteiger partial charge in [0.1, 0.15) is 11.6 Å². The molecule has 1 heterocycles. The van der Waals surface area contributed by atoms with Crippen LogP contribution >= 0.6 is 0 Å². The molecule has 0 aromatic heterocycles. The lowest BCUT2D eigenvalue weighted by atomic mass is 9.98. The highest BCUT2D eigenvalue weighted by Gasteiger charge is 2.23. The van der Waals surface area contributed by atoms with E-state index in [1.54, 1.807) is 4.90 Å². The van der Waals surface area contributed by atoms with Crippen LogP contribution in [0.1, 0.15) is 25.3 Å². The minimum absolute atomic E-state index is 0.0753. The first-order chi connectivity index (χ1) is 11.5. The fourth-order valence-electron chi connectivity index (χ4n) is 2.86. The fraction of sp³-hybridized carbons (Fsp3) is 0.529. The highest BCUT2D eigenvalue weighted by Crippen LogP contribution is 2.16. The zero-order valence-electron chi connectivity index (χ0n) is 13.8. The number of hydrogen-bond acceptors (Lipinski definition) is 2. The molecule has 0 aliphatic carbocycles. The van der Waals surface area contributed by atoms with Gasteiger partial charge in [-0.05, 0) is 48.9 Å². The molecular formula is C17H23F2N3O2. The van der Waals surface area contributed by atoms with Gasteiger partial charge in [-0.3, -0.25) is 4.79 Å². The van der Waals surface area contributed by atoms with Gasteiger partial charge >= 0.3 is 6.03 Å². The molecule has 0 radical (unpaired) electrons. The summed E-state index contributed by atoms with van der Waals surface area (Å²) in [6, 6.07) is 3.09. The number of nitrogens with zero attached hydrogens (tertiary/aromatic N) is 1. The Bertz CT molecular complexity index is 595.